The minimum atomic E-state index is -0.448. The van der Waals surface area contributed by atoms with Gasteiger partial charge in [0.1, 0.15) is 5.82 Å². The Hall–Kier alpha value is -2.18. The summed E-state index contributed by atoms with van der Waals surface area (Å²) >= 11 is 2.01. The lowest BCUT2D eigenvalue weighted by atomic mass is 10.1. The highest BCUT2D eigenvalue weighted by Crippen LogP contribution is 2.25. The molecule has 0 aliphatic rings. The summed E-state index contributed by atoms with van der Waals surface area (Å²) in [5.74, 6) is -0.808. The summed E-state index contributed by atoms with van der Waals surface area (Å²) in [5.41, 5.74) is 1.21. The van der Waals surface area contributed by atoms with E-state index in [4.69, 9.17) is 10.4 Å². The van der Waals surface area contributed by atoms with Crippen LogP contribution in [0.4, 0.5) is 15.8 Å². The van der Waals surface area contributed by atoms with E-state index < -0.39 is 5.82 Å². The van der Waals surface area contributed by atoms with Crippen molar-refractivity contribution < 1.29 is 14.3 Å². The van der Waals surface area contributed by atoms with Gasteiger partial charge in [-0.1, -0.05) is 0 Å². The molecule has 0 atom stereocenters. The van der Waals surface area contributed by atoms with E-state index >= 15 is 0 Å². The number of nitrogens with one attached hydrogen (secondary N) is 2. The van der Waals surface area contributed by atoms with Crippen LogP contribution >= 0.6 is 22.6 Å². The maximum Gasteiger partial charge on any atom is 0.253 e. The Kier molecular flexibility index (Phi) is 6.52. The van der Waals surface area contributed by atoms with E-state index in [1.165, 1.54) is 24.3 Å². The molecule has 24 heavy (non-hydrogen) atoms. The first-order valence-electron chi connectivity index (χ1n) is 7.20. The molecule has 3 N–H and O–H groups in total. The number of benzene rings is 2. The van der Waals surface area contributed by atoms with E-state index in [-0.39, 0.29) is 18.2 Å². The molecule has 2 aromatic carbocycles. The largest absolute Gasteiger partial charge is 0.396 e. The number of nitrogens with zero attached hydrogens (tertiary/aromatic N) is 1. The normalized spacial score (nSPS) is 10.1. The molecule has 0 aliphatic carbocycles. The van der Waals surface area contributed by atoms with Gasteiger partial charge in [-0.3, -0.25) is 4.79 Å². The van der Waals surface area contributed by atoms with Crippen molar-refractivity contribution in [2.75, 3.05) is 18.5 Å². The number of carbonyl (C=O) groups is 1. The third kappa shape index (κ3) is 4.66. The highest BCUT2D eigenvalue weighted by Gasteiger charge is 2.14. The SMILES string of the molecule is N#Cc1ccc(C(=O)NCCCO)c(Nc2ccc(I)cc2F)c1. The molecule has 0 spiro atoms. The van der Waals surface area contributed by atoms with Crippen LogP contribution in [0.1, 0.15) is 22.3 Å². The maximum absolute atomic E-state index is 14.0. The molecular weight excluding hydrogens is 424 g/mol. The maximum atomic E-state index is 14.0. The van der Waals surface area contributed by atoms with E-state index in [0.717, 1.165) is 3.57 Å². The Bertz CT molecular complexity index is 790. The van der Waals surface area contributed by atoms with Crippen LogP contribution < -0.4 is 10.6 Å². The first kappa shape index (κ1) is 18.2. The molecule has 0 saturated heterocycles. The summed E-state index contributed by atoms with van der Waals surface area (Å²) in [4.78, 5) is 12.3. The van der Waals surface area contributed by atoms with Crippen LogP contribution in [-0.4, -0.2) is 24.2 Å². The minimum Gasteiger partial charge on any atom is -0.396 e. The van der Waals surface area contributed by atoms with E-state index in [0.29, 0.717) is 29.8 Å². The van der Waals surface area contributed by atoms with E-state index in [1.807, 2.05) is 28.7 Å². The quantitative estimate of drug-likeness (QED) is 0.477. The van der Waals surface area contributed by atoms with Crippen molar-refractivity contribution in [3.63, 3.8) is 0 Å². The van der Waals surface area contributed by atoms with Gasteiger partial charge in [-0.25, -0.2) is 4.39 Å². The van der Waals surface area contributed by atoms with Gasteiger partial charge in [-0.2, -0.15) is 5.26 Å². The molecule has 0 unspecified atom stereocenters. The first-order chi connectivity index (χ1) is 11.5. The molecule has 7 heteroatoms. The second kappa shape index (κ2) is 8.61. The molecule has 0 heterocycles. The molecular formula is C17H15FIN3O2. The van der Waals surface area contributed by atoms with Crippen molar-refractivity contribution in [2.24, 2.45) is 0 Å². The van der Waals surface area contributed by atoms with Gasteiger partial charge in [0.05, 0.1) is 28.6 Å². The minimum absolute atomic E-state index is 0.0212. The van der Waals surface area contributed by atoms with E-state index in [1.54, 1.807) is 12.1 Å². The predicted molar refractivity (Wildman–Crippen MR) is 97.6 cm³/mol. The lowest BCUT2D eigenvalue weighted by Gasteiger charge is -2.13. The standard InChI is InChI=1S/C17H15FIN3O2/c18-14-9-12(19)3-5-15(14)22-16-8-11(10-20)2-4-13(16)17(24)21-6-1-7-23/h2-5,8-9,22-23H,1,6-7H2,(H,21,24). The fraction of sp³-hybridized carbons (Fsp3) is 0.176. The van der Waals surface area contributed by atoms with Crippen LogP contribution in [0.5, 0.6) is 0 Å². The van der Waals surface area contributed by atoms with Gasteiger partial charge in [-0.05, 0) is 65.4 Å². The lowest BCUT2D eigenvalue weighted by Crippen LogP contribution is -2.25. The fourth-order valence-corrected chi connectivity index (χ4v) is 2.48. The van der Waals surface area contributed by atoms with Crippen LogP contribution in [0.3, 0.4) is 0 Å². The smallest absolute Gasteiger partial charge is 0.253 e. The number of hydrogen-bond acceptors (Lipinski definition) is 4. The van der Waals surface area contributed by atoms with Crippen molar-refractivity contribution in [1.29, 1.82) is 5.26 Å². The number of aliphatic hydroxyl groups excluding tert-OH is 1. The van der Waals surface area contributed by atoms with Crippen LogP contribution in [0.15, 0.2) is 36.4 Å². The number of amides is 1. The molecule has 2 aromatic rings. The molecule has 5 nitrogen and oxygen atoms in total. The number of nitriles is 1. The number of aliphatic hydroxyl groups is 1. The van der Waals surface area contributed by atoms with Crippen molar-refractivity contribution in [1.82, 2.24) is 5.32 Å². The van der Waals surface area contributed by atoms with Crippen LogP contribution in [0.2, 0.25) is 0 Å². The summed E-state index contributed by atoms with van der Waals surface area (Å²) < 4.78 is 14.8. The van der Waals surface area contributed by atoms with E-state index in [2.05, 4.69) is 10.6 Å². The zero-order chi connectivity index (χ0) is 17.5. The second-order valence-corrected chi connectivity index (χ2v) is 6.20. The van der Waals surface area contributed by atoms with Crippen LogP contribution in [-0.2, 0) is 0 Å². The van der Waals surface area contributed by atoms with Crippen molar-refractivity contribution in [3.8, 4) is 6.07 Å². The average Bonchev–Trinajstić information content (AvgIpc) is 2.57. The van der Waals surface area contributed by atoms with Gasteiger partial charge in [0.15, 0.2) is 0 Å². The zero-order valence-corrected chi connectivity index (χ0v) is 14.8. The predicted octanol–water partition coefficient (Wildman–Crippen LogP) is 3.16. The summed E-state index contributed by atoms with van der Waals surface area (Å²) in [6.07, 6.45) is 0.441. The van der Waals surface area contributed by atoms with Crippen molar-refractivity contribution >= 4 is 39.9 Å². The molecule has 0 saturated carbocycles. The monoisotopic (exact) mass is 439 g/mol. The second-order valence-electron chi connectivity index (χ2n) is 4.95. The van der Waals surface area contributed by atoms with E-state index in [9.17, 15) is 9.18 Å². The molecule has 0 aromatic heterocycles. The lowest BCUT2D eigenvalue weighted by molar-refractivity contribution is 0.0952. The van der Waals surface area contributed by atoms with Crippen molar-refractivity contribution in [3.05, 3.63) is 56.9 Å². The molecule has 1 amide bonds. The zero-order valence-electron chi connectivity index (χ0n) is 12.6. The fourth-order valence-electron chi connectivity index (χ4n) is 2.03. The Morgan fingerprint density at radius 3 is 2.71 bits per heavy atom. The highest BCUT2D eigenvalue weighted by atomic mass is 127. The number of hydrogen-bond donors (Lipinski definition) is 3. The van der Waals surface area contributed by atoms with Gasteiger partial charge in [0.2, 0.25) is 0 Å². The highest BCUT2D eigenvalue weighted by molar-refractivity contribution is 14.1. The topological polar surface area (TPSA) is 85.2 Å². The summed E-state index contributed by atoms with van der Waals surface area (Å²) in [6.45, 7) is 0.305. The van der Waals surface area contributed by atoms with Gasteiger partial charge in [0, 0.05) is 16.7 Å². The third-order valence-electron chi connectivity index (χ3n) is 3.21. The molecule has 124 valence electrons. The Morgan fingerprint density at radius 2 is 2.04 bits per heavy atom. The number of anilines is 2. The van der Waals surface area contributed by atoms with Gasteiger partial charge >= 0.3 is 0 Å². The Morgan fingerprint density at radius 1 is 1.25 bits per heavy atom. The number of carbonyl (C=O) groups excluding carboxylic acids is 1. The molecule has 0 fully saturated rings. The summed E-state index contributed by atoms with van der Waals surface area (Å²) in [6, 6.07) is 11.2. The number of rotatable bonds is 6. The van der Waals surface area contributed by atoms with Crippen LogP contribution in [0, 0.1) is 20.7 Å². The van der Waals surface area contributed by atoms with Gasteiger partial charge < -0.3 is 15.7 Å². The Labute approximate surface area is 152 Å². The Balaban J connectivity index is 2.32. The third-order valence-corrected chi connectivity index (χ3v) is 3.89. The summed E-state index contributed by atoms with van der Waals surface area (Å²) in [7, 11) is 0. The van der Waals surface area contributed by atoms with Gasteiger partial charge in [-0.15, -0.1) is 0 Å². The average molecular weight is 439 g/mol. The molecule has 0 bridgehead atoms. The van der Waals surface area contributed by atoms with Crippen LogP contribution in [0.25, 0.3) is 0 Å². The first-order valence-corrected chi connectivity index (χ1v) is 8.28. The summed E-state index contributed by atoms with van der Waals surface area (Å²) in [5, 5.41) is 23.4. The number of halogens is 2. The molecule has 0 radical (unpaired) electrons. The van der Waals surface area contributed by atoms with Crippen molar-refractivity contribution in [2.45, 2.75) is 6.42 Å². The molecule has 2 rings (SSSR count). The molecule has 0 aliphatic heterocycles. The van der Waals surface area contributed by atoms with Gasteiger partial charge in [0.25, 0.3) is 5.91 Å².